The summed E-state index contributed by atoms with van der Waals surface area (Å²) in [6.45, 7) is 0.0325. The van der Waals surface area contributed by atoms with E-state index in [0.29, 0.717) is 11.5 Å². The van der Waals surface area contributed by atoms with Crippen molar-refractivity contribution >= 4 is 5.97 Å². The molecule has 1 unspecified atom stereocenters. The van der Waals surface area contributed by atoms with Crippen molar-refractivity contribution in [3.8, 4) is 6.07 Å². The van der Waals surface area contributed by atoms with Gasteiger partial charge in [0.1, 0.15) is 24.0 Å². The molecule has 2 N–H and O–H groups in total. The minimum absolute atomic E-state index is 0.0176. The molecule has 3 heterocycles. The molecule has 90 valence electrons. The number of rotatable bonds is 1. The van der Waals surface area contributed by atoms with Gasteiger partial charge >= 0.3 is 5.97 Å². The standard InChI is InChI=1S/C12H8N2O4/c13-4-6-9(7-2-1-3-16-7)10-8(18-11(6)14)5-17-12(10)15/h1-3,9H,5,14H2. The third-order valence-electron chi connectivity index (χ3n) is 2.88. The van der Waals surface area contributed by atoms with E-state index >= 15 is 0 Å². The molecular formula is C12H8N2O4. The van der Waals surface area contributed by atoms with Crippen LogP contribution in [0.15, 0.2) is 45.6 Å². The molecule has 2 aliphatic heterocycles. The molecule has 0 spiro atoms. The molecule has 0 aliphatic carbocycles. The Kier molecular flexibility index (Phi) is 2.13. The number of furan rings is 1. The summed E-state index contributed by atoms with van der Waals surface area (Å²) >= 11 is 0. The van der Waals surface area contributed by atoms with Gasteiger partial charge in [-0.2, -0.15) is 5.26 Å². The second-order valence-corrected chi connectivity index (χ2v) is 3.85. The van der Waals surface area contributed by atoms with Crippen molar-refractivity contribution in [2.75, 3.05) is 6.61 Å². The Labute approximate surface area is 102 Å². The number of hydrogen-bond acceptors (Lipinski definition) is 6. The number of ether oxygens (including phenoxy) is 2. The van der Waals surface area contributed by atoms with E-state index < -0.39 is 11.9 Å². The number of nitriles is 1. The zero-order valence-corrected chi connectivity index (χ0v) is 9.17. The number of nitrogens with zero attached hydrogens (tertiary/aromatic N) is 1. The Morgan fingerprint density at radius 1 is 1.50 bits per heavy atom. The Bertz CT molecular complexity index is 619. The molecule has 1 aromatic heterocycles. The molecular weight excluding hydrogens is 236 g/mol. The molecule has 1 atom stereocenters. The van der Waals surface area contributed by atoms with Crippen LogP contribution in [0.5, 0.6) is 0 Å². The number of nitrogens with two attached hydrogens (primary N) is 1. The molecule has 6 nitrogen and oxygen atoms in total. The van der Waals surface area contributed by atoms with Crippen molar-refractivity contribution in [1.82, 2.24) is 0 Å². The van der Waals surface area contributed by atoms with Gasteiger partial charge in [0, 0.05) is 0 Å². The number of carbonyl (C=O) groups excluding carboxylic acids is 1. The fraction of sp³-hybridized carbons (Fsp3) is 0.167. The number of cyclic esters (lactones) is 1. The predicted octanol–water partition coefficient (Wildman–Crippen LogP) is 0.898. The van der Waals surface area contributed by atoms with Crippen molar-refractivity contribution in [1.29, 1.82) is 5.26 Å². The minimum Gasteiger partial charge on any atom is -0.468 e. The van der Waals surface area contributed by atoms with Gasteiger partial charge in [-0.3, -0.25) is 0 Å². The number of carbonyl (C=O) groups is 1. The van der Waals surface area contributed by atoms with Crippen LogP contribution in [0.25, 0.3) is 0 Å². The maximum absolute atomic E-state index is 11.7. The third kappa shape index (κ3) is 1.31. The molecule has 0 radical (unpaired) electrons. The van der Waals surface area contributed by atoms with Gasteiger partial charge in [0.25, 0.3) is 0 Å². The van der Waals surface area contributed by atoms with E-state index in [9.17, 15) is 4.79 Å². The Hall–Kier alpha value is -2.68. The van der Waals surface area contributed by atoms with Crippen LogP contribution in [0.3, 0.4) is 0 Å². The lowest BCUT2D eigenvalue weighted by Gasteiger charge is -2.21. The third-order valence-corrected chi connectivity index (χ3v) is 2.88. The Balaban J connectivity index is 2.18. The molecule has 0 saturated carbocycles. The number of esters is 1. The number of allylic oxidation sites excluding steroid dienone is 1. The predicted molar refractivity (Wildman–Crippen MR) is 57.3 cm³/mol. The van der Waals surface area contributed by atoms with E-state index in [1.54, 1.807) is 12.1 Å². The monoisotopic (exact) mass is 244 g/mol. The lowest BCUT2D eigenvalue weighted by molar-refractivity contribution is -0.136. The molecule has 2 aliphatic rings. The first-order valence-electron chi connectivity index (χ1n) is 5.23. The summed E-state index contributed by atoms with van der Waals surface area (Å²) < 4.78 is 15.4. The van der Waals surface area contributed by atoms with Crippen LogP contribution >= 0.6 is 0 Å². The van der Waals surface area contributed by atoms with Gasteiger partial charge in [-0.05, 0) is 12.1 Å². The first-order valence-corrected chi connectivity index (χ1v) is 5.23. The fourth-order valence-electron chi connectivity index (χ4n) is 2.10. The van der Waals surface area contributed by atoms with Gasteiger partial charge in [0.05, 0.1) is 17.8 Å². The van der Waals surface area contributed by atoms with E-state index in [1.807, 2.05) is 6.07 Å². The summed E-state index contributed by atoms with van der Waals surface area (Å²) in [5.74, 6) is -0.367. The first-order chi connectivity index (χ1) is 8.72. The highest BCUT2D eigenvalue weighted by Crippen LogP contribution is 2.41. The lowest BCUT2D eigenvalue weighted by atomic mass is 9.87. The zero-order chi connectivity index (χ0) is 12.7. The zero-order valence-electron chi connectivity index (χ0n) is 9.17. The second-order valence-electron chi connectivity index (χ2n) is 3.85. The molecule has 0 aromatic carbocycles. The van der Waals surface area contributed by atoms with Crippen molar-refractivity contribution in [3.05, 3.63) is 46.9 Å². The molecule has 0 saturated heterocycles. The summed E-state index contributed by atoms with van der Waals surface area (Å²) in [7, 11) is 0. The minimum atomic E-state index is -0.649. The van der Waals surface area contributed by atoms with Crippen LogP contribution in [0, 0.1) is 11.3 Å². The maximum atomic E-state index is 11.7. The summed E-state index contributed by atoms with van der Waals surface area (Å²) in [5, 5.41) is 9.15. The SMILES string of the molecule is N#CC1=C(N)OC2=C(C(=O)OC2)C1c1ccco1. The second kappa shape index (κ2) is 3.67. The summed E-state index contributed by atoms with van der Waals surface area (Å²) in [4.78, 5) is 11.7. The van der Waals surface area contributed by atoms with E-state index in [1.165, 1.54) is 6.26 Å². The van der Waals surface area contributed by atoms with Crippen molar-refractivity contribution in [3.63, 3.8) is 0 Å². The fourth-order valence-corrected chi connectivity index (χ4v) is 2.10. The topological polar surface area (TPSA) is 98.5 Å². The average molecular weight is 244 g/mol. The van der Waals surface area contributed by atoms with Gasteiger partial charge in [-0.1, -0.05) is 0 Å². The molecule has 3 rings (SSSR count). The van der Waals surface area contributed by atoms with Crippen LogP contribution in [0.1, 0.15) is 11.7 Å². The number of hydrogen-bond donors (Lipinski definition) is 1. The molecule has 0 amide bonds. The highest BCUT2D eigenvalue weighted by Gasteiger charge is 2.42. The quantitative estimate of drug-likeness (QED) is 0.737. The van der Waals surface area contributed by atoms with Crippen molar-refractivity contribution in [2.24, 2.45) is 5.73 Å². The molecule has 18 heavy (non-hydrogen) atoms. The van der Waals surface area contributed by atoms with Crippen LogP contribution < -0.4 is 5.73 Å². The van der Waals surface area contributed by atoms with Crippen LogP contribution in [0.4, 0.5) is 0 Å². The van der Waals surface area contributed by atoms with E-state index in [0.717, 1.165) is 0 Å². The van der Waals surface area contributed by atoms with Crippen LogP contribution in [-0.2, 0) is 14.3 Å². The first kappa shape index (κ1) is 10.5. The molecule has 0 fully saturated rings. The van der Waals surface area contributed by atoms with Crippen LogP contribution in [-0.4, -0.2) is 12.6 Å². The van der Waals surface area contributed by atoms with Gasteiger partial charge in [0.2, 0.25) is 5.88 Å². The molecule has 6 heteroatoms. The summed E-state index contributed by atoms with van der Waals surface area (Å²) in [5.41, 5.74) is 6.12. The Morgan fingerprint density at radius 3 is 3.00 bits per heavy atom. The highest BCUT2D eigenvalue weighted by atomic mass is 16.6. The average Bonchev–Trinajstić information content (AvgIpc) is 2.98. The van der Waals surface area contributed by atoms with E-state index in [-0.39, 0.29) is 23.6 Å². The molecule has 0 bridgehead atoms. The van der Waals surface area contributed by atoms with Crippen molar-refractivity contribution < 1.29 is 18.7 Å². The smallest absolute Gasteiger partial charge is 0.339 e. The summed E-state index contributed by atoms with van der Waals surface area (Å²) in [6.07, 6.45) is 1.47. The van der Waals surface area contributed by atoms with Gasteiger partial charge in [-0.15, -0.1) is 0 Å². The highest BCUT2D eigenvalue weighted by molar-refractivity contribution is 5.94. The Morgan fingerprint density at radius 2 is 2.33 bits per heavy atom. The normalized spacial score (nSPS) is 22.4. The van der Waals surface area contributed by atoms with Gasteiger partial charge < -0.3 is 19.6 Å². The molecule has 1 aromatic rings. The van der Waals surface area contributed by atoms with E-state index in [2.05, 4.69) is 0 Å². The van der Waals surface area contributed by atoms with Crippen LogP contribution in [0.2, 0.25) is 0 Å². The van der Waals surface area contributed by atoms with Crippen molar-refractivity contribution in [2.45, 2.75) is 5.92 Å². The maximum Gasteiger partial charge on any atom is 0.339 e. The van der Waals surface area contributed by atoms with Gasteiger partial charge in [0.15, 0.2) is 5.76 Å². The van der Waals surface area contributed by atoms with Gasteiger partial charge in [-0.25, -0.2) is 4.79 Å². The lowest BCUT2D eigenvalue weighted by Crippen LogP contribution is -2.21. The summed E-state index contributed by atoms with van der Waals surface area (Å²) in [6, 6.07) is 5.31. The largest absolute Gasteiger partial charge is 0.468 e. The van der Waals surface area contributed by atoms with E-state index in [4.69, 9.17) is 24.9 Å².